The highest BCUT2D eigenvalue weighted by Crippen LogP contribution is 2.42. The normalized spacial score (nSPS) is 19.7. The number of methoxy groups -OCH3 is 4. The van der Waals surface area contributed by atoms with Gasteiger partial charge in [0, 0.05) is 0 Å². The quantitative estimate of drug-likeness (QED) is 0.749. The van der Waals surface area contributed by atoms with E-state index in [0.717, 1.165) is 53.4 Å². The summed E-state index contributed by atoms with van der Waals surface area (Å²) >= 11 is 0. The molecular formula is C21H26O5. The second-order valence-corrected chi connectivity index (χ2v) is 6.27. The van der Waals surface area contributed by atoms with Crippen molar-refractivity contribution < 1.29 is 23.7 Å². The third-order valence-corrected chi connectivity index (χ3v) is 4.82. The smallest absolute Gasteiger partial charge is 0.161 e. The fraction of sp³-hybridized carbons (Fsp3) is 0.429. The number of ether oxygens (including phenoxy) is 5. The van der Waals surface area contributed by atoms with Crippen LogP contribution in [0.25, 0.3) is 0 Å². The Morgan fingerprint density at radius 3 is 1.46 bits per heavy atom. The molecule has 0 bridgehead atoms. The van der Waals surface area contributed by atoms with Crippen LogP contribution in [-0.4, -0.2) is 28.4 Å². The van der Waals surface area contributed by atoms with Crippen molar-refractivity contribution in [3.8, 4) is 23.0 Å². The van der Waals surface area contributed by atoms with E-state index in [4.69, 9.17) is 23.7 Å². The van der Waals surface area contributed by atoms with Crippen LogP contribution in [-0.2, 0) is 4.74 Å². The molecular weight excluding hydrogens is 332 g/mol. The Labute approximate surface area is 154 Å². The molecule has 0 radical (unpaired) electrons. The van der Waals surface area contributed by atoms with Crippen molar-refractivity contribution in [2.24, 2.45) is 0 Å². The van der Waals surface area contributed by atoms with Crippen LogP contribution in [0.15, 0.2) is 36.4 Å². The number of hydrogen-bond donors (Lipinski definition) is 0. The van der Waals surface area contributed by atoms with E-state index in [1.165, 1.54) is 0 Å². The van der Waals surface area contributed by atoms with Gasteiger partial charge in [0.05, 0.1) is 40.6 Å². The Morgan fingerprint density at radius 1 is 0.654 bits per heavy atom. The van der Waals surface area contributed by atoms with Gasteiger partial charge in [-0.25, -0.2) is 0 Å². The lowest BCUT2D eigenvalue weighted by molar-refractivity contribution is -0.0536. The summed E-state index contributed by atoms with van der Waals surface area (Å²) in [6, 6.07) is 11.9. The highest BCUT2D eigenvalue weighted by molar-refractivity contribution is 5.45. The number of benzene rings is 2. The number of rotatable bonds is 6. The Hall–Kier alpha value is -2.40. The van der Waals surface area contributed by atoms with Gasteiger partial charge < -0.3 is 23.7 Å². The minimum atomic E-state index is 0.0293. The van der Waals surface area contributed by atoms with E-state index >= 15 is 0 Å². The van der Waals surface area contributed by atoms with Crippen LogP contribution in [0.2, 0.25) is 0 Å². The van der Waals surface area contributed by atoms with Gasteiger partial charge in [-0.05, 0) is 54.7 Å². The minimum Gasteiger partial charge on any atom is -0.493 e. The Morgan fingerprint density at radius 2 is 1.08 bits per heavy atom. The molecule has 0 aromatic heterocycles. The Bertz CT molecular complexity index is 682. The zero-order valence-corrected chi connectivity index (χ0v) is 15.8. The predicted octanol–water partition coefficient (Wildman–Crippen LogP) is 4.70. The third kappa shape index (κ3) is 3.73. The van der Waals surface area contributed by atoms with Gasteiger partial charge in [0.25, 0.3) is 0 Å². The maximum Gasteiger partial charge on any atom is 0.161 e. The fourth-order valence-corrected chi connectivity index (χ4v) is 3.42. The summed E-state index contributed by atoms with van der Waals surface area (Å²) in [7, 11) is 6.58. The van der Waals surface area contributed by atoms with Crippen molar-refractivity contribution in [1.29, 1.82) is 0 Å². The van der Waals surface area contributed by atoms with E-state index in [-0.39, 0.29) is 12.2 Å². The predicted molar refractivity (Wildman–Crippen MR) is 99.5 cm³/mol. The first kappa shape index (κ1) is 18.4. The fourth-order valence-electron chi connectivity index (χ4n) is 3.42. The third-order valence-electron chi connectivity index (χ3n) is 4.82. The first-order chi connectivity index (χ1) is 12.7. The molecule has 2 aromatic carbocycles. The molecule has 0 aliphatic carbocycles. The van der Waals surface area contributed by atoms with Gasteiger partial charge in [0.15, 0.2) is 23.0 Å². The molecule has 1 fully saturated rings. The summed E-state index contributed by atoms with van der Waals surface area (Å²) in [4.78, 5) is 0. The summed E-state index contributed by atoms with van der Waals surface area (Å²) < 4.78 is 27.9. The van der Waals surface area contributed by atoms with Crippen LogP contribution in [0.4, 0.5) is 0 Å². The molecule has 0 spiro atoms. The van der Waals surface area contributed by atoms with Gasteiger partial charge in [-0.1, -0.05) is 12.1 Å². The van der Waals surface area contributed by atoms with Gasteiger partial charge in [0.2, 0.25) is 0 Å². The highest BCUT2D eigenvalue weighted by atomic mass is 16.5. The van der Waals surface area contributed by atoms with Crippen molar-refractivity contribution in [1.82, 2.24) is 0 Å². The lowest BCUT2D eigenvalue weighted by atomic mass is 9.94. The molecule has 2 atom stereocenters. The molecule has 5 heteroatoms. The second-order valence-electron chi connectivity index (χ2n) is 6.27. The molecule has 0 saturated carbocycles. The van der Waals surface area contributed by atoms with Crippen LogP contribution in [0.1, 0.15) is 42.6 Å². The summed E-state index contributed by atoms with van der Waals surface area (Å²) in [5.74, 6) is 2.90. The molecule has 1 heterocycles. The van der Waals surface area contributed by atoms with E-state index < -0.39 is 0 Å². The van der Waals surface area contributed by atoms with Crippen LogP contribution in [0.3, 0.4) is 0 Å². The molecule has 3 rings (SSSR count). The highest BCUT2D eigenvalue weighted by Gasteiger charge is 2.26. The lowest BCUT2D eigenvalue weighted by Crippen LogP contribution is -2.16. The molecule has 1 aliphatic heterocycles. The summed E-state index contributed by atoms with van der Waals surface area (Å²) in [5, 5.41) is 0. The molecule has 140 valence electrons. The van der Waals surface area contributed by atoms with E-state index in [9.17, 15) is 0 Å². The SMILES string of the molecule is COc1ccc([C@H]2CCC[C@H](c3ccc(OC)c(OC)c3)O2)cc1OC. The second kappa shape index (κ2) is 8.32. The molecule has 0 unspecified atom stereocenters. The lowest BCUT2D eigenvalue weighted by Gasteiger charge is -2.31. The van der Waals surface area contributed by atoms with E-state index in [1.807, 2.05) is 36.4 Å². The monoisotopic (exact) mass is 358 g/mol. The molecule has 1 saturated heterocycles. The standard InChI is InChI=1S/C21H26O5/c1-22-18-10-8-14(12-20(18)24-3)16-6-5-7-17(26-16)15-9-11-19(23-2)21(13-15)25-4/h8-13,16-17H,5-7H2,1-4H3/t16-,17-/m1/s1. The molecule has 2 aromatic rings. The molecule has 1 aliphatic rings. The van der Waals surface area contributed by atoms with E-state index in [1.54, 1.807) is 28.4 Å². The van der Waals surface area contributed by atoms with Gasteiger partial charge in [-0.15, -0.1) is 0 Å². The minimum absolute atomic E-state index is 0.0293. The van der Waals surface area contributed by atoms with Crippen molar-refractivity contribution in [2.75, 3.05) is 28.4 Å². The zero-order chi connectivity index (χ0) is 18.5. The average molecular weight is 358 g/mol. The van der Waals surface area contributed by atoms with Crippen molar-refractivity contribution in [2.45, 2.75) is 31.5 Å². The van der Waals surface area contributed by atoms with Gasteiger partial charge >= 0.3 is 0 Å². The topological polar surface area (TPSA) is 46.2 Å². The first-order valence-electron chi connectivity index (χ1n) is 8.79. The first-order valence-corrected chi connectivity index (χ1v) is 8.79. The van der Waals surface area contributed by atoms with Crippen LogP contribution in [0.5, 0.6) is 23.0 Å². The summed E-state index contributed by atoms with van der Waals surface area (Å²) in [6.07, 6.45) is 3.12. The molecule has 0 N–H and O–H groups in total. The Kier molecular flexibility index (Phi) is 5.89. The van der Waals surface area contributed by atoms with Crippen LogP contribution >= 0.6 is 0 Å². The summed E-state index contributed by atoms with van der Waals surface area (Å²) in [5.41, 5.74) is 2.21. The van der Waals surface area contributed by atoms with Crippen LogP contribution < -0.4 is 18.9 Å². The maximum atomic E-state index is 6.41. The van der Waals surface area contributed by atoms with Gasteiger partial charge in [-0.2, -0.15) is 0 Å². The van der Waals surface area contributed by atoms with Gasteiger partial charge in [-0.3, -0.25) is 0 Å². The average Bonchev–Trinajstić information content (AvgIpc) is 2.72. The van der Waals surface area contributed by atoms with Crippen LogP contribution in [0, 0.1) is 0 Å². The molecule has 26 heavy (non-hydrogen) atoms. The molecule has 0 amide bonds. The van der Waals surface area contributed by atoms with Gasteiger partial charge in [0.1, 0.15) is 0 Å². The van der Waals surface area contributed by atoms with E-state index in [0.29, 0.717) is 0 Å². The largest absolute Gasteiger partial charge is 0.493 e. The van der Waals surface area contributed by atoms with E-state index in [2.05, 4.69) is 0 Å². The summed E-state index contributed by atoms with van der Waals surface area (Å²) in [6.45, 7) is 0. The Balaban J connectivity index is 1.81. The maximum absolute atomic E-state index is 6.41. The van der Waals surface area contributed by atoms with Crippen molar-refractivity contribution in [3.63, 3.8) is 0 Å². The van der Waals surface area contributed by atoms with Crippen molar-refractivity contribution in [3.05, 3.63) is 47.5 Å². The number of hydrogen-bond acceptors (Lipinski definition) is 5. The molecule has 5 nitrogen and oxygen atoms in total. The van der Waals surface area contributed by atoms with Crippen molar-refractivity contribution >= 4 is 0 Å². The zero-order valence-electron chi connectivity index (χ0n) is 15.8.